The second kappa shape index (κ2) is 12.8. The number of hydrogen-bond donors (Lipinski definition) is 3. The number of unbranched alkanes of at least 4 members (excludes halogenated alkanes) is 1. The maximum absolute atomic E-state index is 13.7. The van der Waals surface area contributed by atoms with Crippen LogP contribution in [-0.4, -0.2) is 39.6 Å². The predicted octanol–water partition coefficient (Wildman–Crippen LogP) is 0.489. The van der Waals surface area contributed by atoms with Crippen LogP contribution in [0.5, 0.6) is 17.2 Å². The van der Waals surface area contributed by atoms with E-state index >= 15 is 0 Å². The molecule has 0 aliphatic carbocycles. The van der Waals surface area contributed by atoms with E-state index in [0.29, 0.717) is 0 Å². The van der Waals surface area contributed by atoms with Crippen molar-refractivity contribution in [1.82, 2.24) is 0 Å². The Kier molecular flexibility index (Phi) is 10.4. The van der Waals surface area contributed by atoms with Gasteiger partial charge in [-0.2, -0.15) is 0 Å². The molecule has 186 valence electrons. The number of phenolic OH excluding ortho intramolecular Hbond substituents is 3. The number of phenols is 3. The van der Waals surface area contributed by atoms with Crippen LogP contribution in [0, 0.1) is 0 Å². The van der Waals surface area contributed by atoms with Crippen LogP contribution in [0.3, 0.4) is 0 Å². The van der Waals surface area contributed by atoms with E-state index in [9.17, 15) is 34.8 Å². The standard InChI is InChI=1S/C26H30N2O7.Na/c1-3-7-16(2)12-13-27-19-14-17(29)15-21(31)25(19)28(22(32)10-4-5-11-23(33)34)24-18(26(27)35)8-6-9-20(24)30;/h6,8-9,12,14-15,29-31H,3-5,7,10-11,13H2,1-2H3,(H,33,34);/q;+1/p-1/b16-12+;. The van der Waals surface area contributed by atoms with Gasteiger partial charge in [0.25, 0.3) is 5.91 Å². The predicted molar refractivity (Wildman–Crippen MR) is 129 cm³/mol. The average molecular weight is 505 g/mol. The Labute approximate surface area is 231 Å². The molecule has 2 amide bonds. The largest absolute Gasteiger partial charge is 1.00 e. The first kappa shape index (κ1) is 29.2. The third kappa shape index (κ3) is 6.40. The molecule has 2 aromatic rings. The molecule has 0 spiro atoms. The monoisotopic (exact) mass is 504 g/mol. The van der Waals surface area contributed by atoms with Gasteiger partial charge >= 0.3 is 29.6 Å². The van der Waals surface area contributed by atoms with Crippen LogP contribution in [0.4, 0.5) is 17.1 Å². The first-order valence-corrected chi connectivity index (χ1v) is 11.5. The number of aromatic hydroxyl groups is 3. The molecule has 0 saturated carbocycles. The van der Waals surface area contributed by atoms with Gasteiger partial charge in [0, 0.05) is 31.1 Å². The van der Waals surface area contributed by atoms with E-state index in [0.717, 1.165) is 29.4 Å². The number of fused-ring (bicyclic) bond motifs is 2. The summed E-state index contributed by atoms with van der Waals surface area (Å²) in [7, 11) is 0. The molecule has 2 aromatic carbocycles. The van der Waals surface area contributed by atoms with E-state index < -0.39 is 23.5 Å². The number of aliphatic carboxylic acids is 1. The van der Waals surface area contributed by atoms with Crippen molar-refractivity contribution in [3.05, 3.63) is 47.5 Å². The summed E-state index contributed by atoms with van der Waals surface area (Å²) < 4.78 is 0. The summed E-state index contributed by atoms with van der Waals surface area (Å²) >= 11 is 0. The quantitative estimate of drug-likeness (QED) is 0.256. The molecule has 0 aromatic heterocycles. The Balaban J connectivity index is 0.00000456. The molecule has 0 saturated heterocycles. The van der Waals surface area contributed by atoms with Crippen molar-refractivity contribution in [1.29, 1.82) is 0 Å². The van der Waals surface area contributed by atoms with E-state index in [4.69, 9.17) is 0 Å². The van der Waals surface area contributed by atoms with Gasteiger partial charge in [-0.05, 0) is 44.7 Å². The smallest absolute Gasteiger partial charge is 0.550 e. The minimum absolute atomic E-state index is 0. The number of anilines is 3. The fourth-order valence-corrected chi connectivity index (χ4v) is 4.16. The van der Waals surface area contributed by atoms with E-state index in [1.165, 1.54) is 29.2 Å². The molecule has 0 radical (unpaired) electrons. The van der Waals surface area contributed by atoms with Gasteiger partial charge < -0.3 is 30.1 Å². The fraction of sp³-hybridized carbons (Fsp3) is 0.346. The molecule has 36 heavy (non-hydrogen) atoms. The Morgan fingerprint density at radius 2 is 1.69 bits per heavy atom. The van der Waals surface area contributed by atoms with Crippen LogP contribution in [0.1, 0.15) is 62.7 Å². The number of hydrogen-bond acceptors (Lipinski definition) is 7. The molecule has 0 atom stereocenters. The van der Waals surface area contributed by atoms with Gasteiger partial charge in [-0.3, -0.25) is 14.5 Å². The van der Waals surface area contributed by atoms with Gasteiger partial charge in [0.05, 0.1) is 11.3 Å². The van der Waals surface area contributed by atoms with E-state index in [1.807, 2.05) is 19.9 Å². The van der Waals surface area contributed by atoms with Crippen LogP contribution >= 0.6 is 0 Å². The van der Waals surface area contributed by atoms with Crippen LogP contribution in [0.2, 0.25) is 0 Å². The summed E-state index contributed by atoms with van der Waals surface area (Å²) in [6, 6.07) is 6.64. The van der Waals surface area contributed by atoms with Crippen molar-refractivity contribution in [2.45, 2.75) is 52.4 Å². The normalized spacial score (nSPS) is 12.9. The molecule has 1 heterocycles. The number of rotatable bonds is 9. The number of carboxylic acids is 1. The van der Waals surface area contributed by atoms with Crippen LogP contribution in [-0.2, 0) is 9.59 Å². The summed E-state index contributed by atoms with van der Waals surface area (Å²) in [5.74, 6) is -3.38. The molecule has 0 bridgehead atoms. The van der Waals surface area contributed by atoms with E-state index in [1.54, 1.807) is 0 Å². The topological polar surface area (TPSA) is 141 Å². The van der Waals surface area contributed by atoms with E-state index in [2.05, 4.69) is 0 Å². The minimum Gasteiger partial charge on any atom is -0.550 e. The number of benzene rings is 2. The molecule has 0 fully saturated rings. The van der Waals surface area contributed by atoms with Crippen LogP contribution in [0.25, 0.3) is 0 Å². The van der Waals surface area contributed by atoms with Gasteiger partial charge in [-0.25, -0.2) is 0 Å². The molecule has 3 N–H and O–H groups in total. The fourth-order valence-electron chi connectivity index (χ4n) is 4.16. The Bertz CT molecular complexity index is 1180. The van der Waals surface area contributed by atoms with Crippen LogP contribution < -0.4 is 44.5 Å². The molecule has 9 nitrogen and oxygen atoms in total. The number of carbonyl (C=O) groups is 3. The van der Waals surface area contributed by atoms with Crippen molar-refractivity contribution in [2.75, 3.05) is 16.3 Å². The molecule has 1 aliphatic heterocycles. The number of carboxylic acid groups (broad SMARTS) is 1. The van der Waals surface area contributed by atoms with Gasteiger partial charge in [0.2, 0.25) is 5.91 Å². The summed E-state index contributed by atoms with van der Waals surface area (Å²) in [6.45, 7) is 4.09. The van der Waals surface area contributed by atoms with Crippen molar-refractivity contribution >= 4 is 34.8 Å². The molecule has 10 heteroatoms. The van der Waals surface area contributed by atoms with E-state index in [-0.39, 0.29) is 95.9 Å². The van der Waals surface area contributed by atoms with Crippen molar-refractivity contribution in [3.63, 3.8) is 0 Å². The number of para-hydroxylation sites is 1. The summed E-state index contributed by atoms with van der Waals surface area (Å²) in [6.07, 6.45) is 3.73. The zero-order valence-electron chi connectivity index (χ0n) is 20.8. The van der Waals surface area contributed by atoms with Crippen molar-refractivity contribution in [3.8, 4) is 17.2 Å². The molecular formula is C26H29N2NaO7. The SMILES string of the molecule is CCC/C(C)=C/CN1C(=O)c2cccc(O)c2N(C(=O)CCCCC(=O)[O-])c2c(O)cc(O)cc21.[Na+]. The average Bonchev–Trinajstić information content (AvgIpc) is 2.89. The van der Waals surface area contributed by atoms with Gasteiger partial charge in [-0.1, -0.05) is 31.1 Å². The molecule has 3 rings (SSSR count). The number of nitrogens with zero attached hydrogens (tertiary/aromatic N) is 2. The Hall–Kier alpha value is -3.01. The third-order valence-corrected chi connectivity index (χ3v) is 5.82. The van der Waals surface area contributed by atoms with Crippen molar-refractivity contribution in [2.24, 2.45) is 0 Å². The summed E-state index contributed by atoms with van der Waals surface area (Å²) in [4.78, 5) is 40.2. The maximum Gasteiger partial charge on any atom is 1.00 e. The van der Waals surface area contributed by atoms with Gasteiger partial charge in [0.15, 0.2) is 0 Å². The van der Waals surface area contributed by atoms with Crippen LogP contribution in [0.15, 0.2) is 42.0 Å². The summed E-state index contributed by atoms with van der Waals surface area (Å²) in [5.41, 5.74) is 1.06. The maximum atomic E-state index is 13.7. The zero-order valence-corrected chi connectivity index (χ0v) is 22.8. The van der Waals surface area contributed by atoms with Crippen molar-refractivity contribution < 1.29 is 64.4 Å². The Morgan fingerprint density at radius 1 is 1.00 bits per heavy atom. The second-order valence-electron chi connectivity index (χ2n) is 8.53. The summed E-state index contributed by atoms with van der Waals surface area (Å²) in [5, 5.41) is 42.5. The Morgan fingerprint density at radius 3 is 2.36 bits per heavy atom. The molecule has 0 unspecified atom stereocenters. The molecular weight excluding hydrogens is 475 g/mol. The first-order valence-electron chi connectivity index (χ1n) is 11.5. The van der Waals surface area contributed by atoms with Gasteiger partial charge in [-0.15, -0.1) is 0 Å². The minimum atomic E-state index is -1.22. The number of carbonyl (C=O) groups excluding carboxylic acids is 3. The first-order chi connectivity index (χ1) is 16.6. The number of allylic oxidation sites excluding steroid dienone is 1. The third-order valence-electron chi connectivity index (χ3n) is 5.82. The number of amides is 2. The second-order valence-corrected chi connectivity index (χ2v) is 8.53. The molecule has 1 aliphatic rings. The zero-order chi connectivity index (χ0) is 25.7. The van der Waals surface area contributed by atoms with Gasteiger partial charge in [0.1, 0.15) is 28.6 Å².